The number of nitrogens with zero attached hydrogens (tertiary/aromatic N) is 1. The van der Waals surface area contributed by atoms with Gasteiger partial charge in [0, 0.05) is 4.90 Å². The molecule has 0 heterocycles. The fraction of sp³-hybridized carbons (Fsp3) is 0.0769. The van der Waals surface area contributed by atoms with E-state index in [1.807, 2.05) is 30.3 Å². The molecule has 1 atom stereocenters. The predicted molar refractivity (Wildman–Crippen MR) is 74.1 cm³/mol. The van der Waals surface area contributed by atoms with Crippen molar-refractivity contribution in [2.75, 3.05) is 6.26 Å². The van der Waals surface area contributed by atoms with Gasteiger partial charge in [-0.2, -0.15) is 8.42 Å². The molecule has 0 saturated heterocycles. The van der Waals surface area contributed by atoms with Crippen molar-refractivity contribution in [1.29, 1.82) is 0 Å². The maximum absolute atomic E-state index is 12.1. The maximum Gasteiger partial charge on any atom is 0.288 e. The zero-order valence-electron chi connectivity index (χ0n) is 9.85. The maximum atomic E-state index is 12.1. The van der Waals surface area contributed by atoms with Crippen LogP contribution in [0.5, 0.6) is 0 Å². The van der Waals surface area contributed by atoms with Gasteiger partial charge in [-0.25, -0.2) is 0 Å². The summed E-state index contributed by atoms with van der Waals surface area (Å²) >= 11 is 0. The van der Waals surface area contributed by atoms with E-state index in [1.165, 1.54) is 0 Å². The molecule has 0 fully saturated rings. The summed E-state index contributed by atoms with van der Waals surface area (Å²) in [6, 6.07) is 17.7. The zero-order valence-corrected chi connectivity index (χ0v) is 11.5. The van der Waals surface area contributed by atoms with Gasteiger partial charge in [0.05, 0.1) is 4.90 Å². The van der Waals surface area contributed by atoms with Crippen LogP contribution in [0, 0.1) is 0 Å². The molecule has 5 heteroatoms. The second-order valence-electron chi connectivity index (χ2n) is 3.65. The summed E-state index contributed by atoms with van der Waals surface area (Å²) in [7, 11) is -4.24. The smallest absolute Gasteiger partial charge is 0.199 e. The Morgan fingerprint density at radius 1 is 0.889 bits per heavy atom. The Morgan fingerprint density at radius 2 is 1.39 bits per heavy atom. The van der Waals surface area contributed by atoms with Crippen molar-refractivity contribution >= 4 is 20.7 Å². The lowest BCUT2D eigenvalue weighted by Crippen LogP contribution is -1.99. The number of benzene rings is 2. The molecule has 0 unspecified atom stereocenters. The van der Waals surface area contributed by atoms with Gasteiger partial charge in [-0.15, -0.1) is 3.77 Å². The molecule has 18 heavy (non-hydrogen) atoms. The molecule has 0 N–H and O–H groups in total. The number of sulfonamides is 1. The molecule has 2 aromatic rings. The fourth-order valence-electron chi connectivity index (χ4n) is 1.44. The summed E-state index contributed by atoms with van der Waals surface area (Å²) < 4.78 is 28.1. The summed E-state index contributed by atoms with van der Waals surface area (Å²) in [4.78, 5) is 1.15. The summed E-state index contributed by atoms with van der Waals surface area (Å²) in [5.41, 5.74) is 0. The molecule has 0 spiro atoms. The van der Waals surface area contributed by atoms with E-state index in [4.69, 9.17) is 0 Å². The van der Waals surface area contributed by atoms with Crippen molar-refractivity contribution in [3.63, 3.8) is 0 Å². The molecule has 0 amide bonds. The highest BCUT2D eigenvalue weighted by Crippen LogP contribution is 2.15. The van der Waals surface area contributed by atoms with Gasteiger partial charge >= 0.3 is 0 Å². The Kier molecular flexibility index (Phi) is 3.93. The third kappa shape index (κ3) is 3.05. The molecule has 0 aromatic heterocycles. The van der Waals surface area contributed by atoms with Gasteiger partial charge in [0.1, 0.15) is 0 Å². The van der Waals surface area contributed by atoms with Crippen LogP contribution in [0.1, 0.15) is 0 Å². The van der Waals surface area contributed by atoms with E-state index in [1.54, 1.807) is 36.6 Å². The van der Waals surface area contributed by atoms with E-state index in [2.05, 4.69) is 3.77 Å². The molecular formula is C13H13NO2S2. The molecule has 0 radical (unpaired) electrons. The first kappa shape index (κ1) is 13.0. The average molecular weight is 279 g/mol. The Hall–Kier alpha value is -1.46. The molecule has 0 saturated carbocycles. The molecule has 2 rings (SSSR count). The largest absolute Gasteiger partial charge is 0.288 e. The van der Waals surface area contributed by atoms with Gasteiger partial charge in [0.25, 0.3) is 10.0 Å². The van der Waals surface area contributed by atoms with Crippen LogP contribution in [0.3, 0.4) is 0 Å². The average Bonchev–Trinajstić information content (AvgIpc) is 2.40. The second-order valence-corrected chi connectivity index (χ2v) is 7.10. The number of rotatable bonds is 3. The number of hydrogen-bond donors (Lipinski definition) is 0. The van der Waals surface area contributed by atoms with Crippen molar-refractivity contribution < 1.29 is 8.42 Å². The predicted octanol–water partition coefficient (Wildman–Crippen LogP) is 2.87. The standard InChI is InChI=1S/C13H13NO2S2/c1-17(12-8-4-2-5-9-12)14-18(15,16)13-10-6-3-7-11-13/h2-11H,1H3/t17-/m1/s1. The van der Waals surface area contributed by atoms with Crippen LogP contribution in [0.15, 0.2) is 74.2 Å². The quantitative estimate of drug-likeness (QED) is 0.867. The summed E-state index contributed by atoms with van der Waals surface area (Å²) in [6.07, 6.45) is 1.80. The second kappa shape index (κ2) is 5.46. The Morgan fingerprint density at radius 3 is 1.94 bits per heavy atom. The Balaban J connectivity index is 2.39. The van der Waals surface area contributed by atoms with E-state index in [-0.39, 0.29) is 4.90 Å². The summed E-state index contributed by atoms with van der Waals surface area (Å²) in [6.45, 7) is 0. The molecular weight excluding hydrogens is 266 g/mol. The van der Waals surface area contributed by atoms with E-state index in [0.717, 1.165) is 4.90 Å². The van der Waals surface area contributed by atoms with E-state index in [0.29, 0.717) is 0 Å². The lowest BCUT2D eigenvalue weighted by Gasteiger charge is -2.03. The van der Waals surface area contributed by atoms with Gasteiger partial charge < -0.3 is 0 Å². The minimum Gasteiger partial charge on any atom is -0.199 e. The van der Waals surface area contributed by atoms with E-state index >= 15 is 0 Å². The normalized spacial score (nSPS) is 13.4. The minimum atomic E-state index is -3.57. The highest BCUT2D eigenvalue weighted by molar-refractivity contribution is 7.99. The minimum absolute atomic E-state index is 0.236. The molecule has 0 aliphatic rings. The molecule has 0 bridgehead atoms. The van der Waals surface area contributed by atoms with Gasteiger partial charge in [0.15, 0.2) is 0 Å². The molecule has 2 aromatic carbocycles. The first-order valence-electron chi connectivity index (χ1n) is 5.34. The third-order valence-corrected chi connectivity index (χ3v) is 5.84. The van der Waals surface area contributed by atoms with Crippen molar-refractivity contribution in [2.45, 2.75) is 9.79 Å². The monoisotopic (exact) mass is 279 g/mol. The van der Waals surface area contributed by atoms with Gasteiger partial charge in [0.2, 0.25) is 0 Å². The van der Waals surface area contributed by atoms with E-state index < -0.39 is 20.7 Å². The van der Waals surface area contributed by atoms with Gasteiger partial charge in [-0.05, 0) is 30.5 Å². The van der Waals surface area contributed by atoms with Crippen molar-refractivity contribution in [3.8, 4) is 0 Å². The summed E-state index contributed by atoms with van der Waals surface area (Å²) in [5, 5.41) is 0. The van der Waals surface area contributed by atoms with Crippen molar-refractivity contribution in [2.24, 2.45) is 3.77 Å². The van der Waals surface area contributed by atoms with Crippen LogP contribution in [-0.2, 0) is 20.7 Å². The molecule has 3 nitrogen and oxygen atoms in total. The first-order chi connectivity index (χ1) is 8.59. The van der Waals surface area contributed by atoms with Crippen LogP contribution < -0.4 is 0 Å². The number of hydrogen-bond acceptors (Lipinski definition) is 2. The topological polar surface area (TPSA) is 46.5 Å². The van der Waals surface area contributed by atoms with E-state index in [9.17, 15) is 8.42 Å². The van der Waals surface area contributed by atoms with Crippen molar-refractivity contribution in [1.82, 2.24) is 0 Å². The lowest BCUT2D eigenvalue weighted by molar-refractivity contribution is 0.598. The Labute approximate surface area is 110 Å². The zero-order chi connectivity index (χ0) is 13.0. The summed E-state index contributed by atoms with van der Waals surface area (Å²) in [5.74, 6) is 0. The van der Waals surface area contributed by atoms with Crippen LogP contribution >= 0.6 is 0 Å². The Bertz CT molecular complexity index is 650. The van der Waals surface area contributed by atoms with Crippen molar-refractivity contribution in [3.05, 3.63) is 60.7 Å². The fourth-order valence-corrected chi connectivity index (χ4v) is 4.36. The SMILES string of the molecule is C[S@@](=NS(=O)(=O)c1ccccc1)c1ccccc1. The van der Waals surface area contributed by atoms with Gasteiger partial charge in [-0.3, -0.25) is 0 Å². The van der Waals surface area contributed by atoms with Gasteiger partial charge in [-0.1, -0.05) is 47.1 Å². The van der Waals surface area contributed by atoms with Crippen LogP contribution in [0.25, 0.3) is 0 Å². The lowest BCUT2D eigenvalue weighted by atomic mass is 10.4. The molecule has 94 valence electrons. The third-order valence-electron chi connectivity index (χ3n) is 2.34. The molecule has 0 aliphatic carbocycles. The molecule has 0 aliphatic heterocycles. The van der Waals surface area contributed by atoms with Crippen LogP contribution in [0.4, 0.5) is 0 Å². The van der Waals surface area contributed by atoms with Crippen LogP contribution in [0.2, 0.25) is 0 Å². The first-order valence-corrected chi connectivity index (χ1v) is 8.37. The highest BCUT2D eigenvalue weighted by atomic mass is 32.3. The highest BCUT2D eigenvalue weighted by Gasteiger charge is 2.12. The van der Waals surface area contributed by atoms with Crippen LogP contribution in [-0.4, -0.2) is 14.7 Å².